The van der Waals surface area contributed by atoms with Gasteiger partial charge in [-0.1, -0.05) is 13.3 Å². The van der Waals surface area contributed by atoms with Gasteiger partial charge in [-0.05, 0) is 25.2 Å². The number of anilines is 1. The summed E-state index contributed by atoms with van der Waals surface area (Å²) in [5.41, 5.74) is 0. The molecular formula is C16H28N4O2S2. The predicted octanol–water partition coefficient (Wildman–Crippen LogP) is 1.89. The molecule has 0 radical (unpaired) electrons. The molecule has 2 atom stereocenters. The number of likely N-dealkylation sites (tertiary alicyclic amines) is 1. The van der Waals surface area contributed by atoms with Crippen molar-refractivity contribution in [1.29, 1.82) is 0 Å². The minimum absolute atomic E-state index is 0.0333. The average molecular weight is 373 g/mol. The molecule has 2 saturated heterocycles. The molecule has 1 aromatic rings. The van der Waals surface area contributed by atoms with E-state index in [-0.39, 0.29) is 6.04 Å². The Labute approximate surface area is 149 Å². The van der Waals surface area contributed by atoms with Crippen LogP contribution in [0.15, 0.2) is 6.20 Å². The van der Waals surface area contributed by atoms with Crippen molar-refractivity contribution in [3.05, 3.63) is 11.1 Å². The Bertz CT molecular complexity index is 640. The van der Waals surface area contributed by atoms with E-state index in [1.54, 1.807) is 11.3 Å². The molecule has 0 unspecified atom stereocenters. The Balaban J connectivity index is 1.60. The fourth-order valence-corrected chi connectivity index (χ4v) is 5.63. The van der Waals surface area contributed by atoms with Gasteiger partial charge in [-0.2, -0.15) is 0 Å². The molecule has 6 nitrogen and oxygen atoms in total. The Morgan fingerprint density at radius 2 is 2.08 bits per heavy atom. The third kappa shape index (κ3) is 4.68. The summed E-state index contributed by atoms with van der Waals surface area (Å²) < 4.78 is 26.0. The molecule has 0 aliphatic carbocycles. The van der Waals surface area contributed by atoms with E-state index in [2.05, 4.69) is 26.4 Å². The summed E-state index contributed by atoms with van der Waals surface area (Å²) in [5, 5.41) is 1.14. The maximum atomic E-state index is 11.6. The largest absolute Gasteiger partial charge is 0.348 e. The molecule has 0 saturated carbocycles. The first-order valence-electron chi connectivity index (χ1n) is 8.84. The fourth-order valence-electron chi connectivity index (χ4n) is 3.81. The number of rotatable bonds is 7. The van der Waals surface area contributed by atoms with Crippen LogP contribution in [0, 0.1) is 5.92 Å². The molecule has 3 heterocycles. The maximum absolute atomic E-state index is 11.6. The Morgan fingerprint density at radius 1 is 1.33 bits per heavy atom. The highest BCUT2D eigenvalue weighted by molar-refractivity contribution is 7.88. The van der Waals surface area contributed by atoms with Crippen molar-refractivity contribution in [3.63, 3.8) is 0 Å². The van der Waals surface area contributed by atoms with Crippen molar-refractivity contribution in [2.24, 2.45) is 5.92 Å². The second-order valence-electron chi connectivity index (χ2n) is 7.04. The molecular weight excluding hydrogens is 344 g/mol. The number of thiazole rings is 1. The molecule has 136 valence electrons. The van der Waals surface area contributed by atoms with Gasteiger partial charge in [0.15, 0.2) is 5.13 Å². The monoisotopic (exact) mass is 372 g/mol. The molecule has 8 heteroatoms. The zero-order chi connectivity index (χ0) is 17.2. The van der Waals surface area contributed by atoms with Gasteiger partial charge in [0.05, 0.1) is 6.26 Å². The van der Waals surface area contributed by atoms with Gasteiger partial charge in [0.2, 0.25) is 10.0 Å². The van der Waals surface area contributed by atoms with Gasteiger partial charge in [-0.25, -0.2) is 18.1 Å². The van der Waals surface area contributed by atoms with Crippen molar-refractivity contribution >= 4 is 26.5 Å². The second kappa shape index (κ2) is 7.68. The lowest BCUT2D eigenvalue weighted by atomic mass is 9.99. The molecule has 1 aromatic heterocycles. The van der Waals surface area contributed by atoms with Crippen molar-refractivity contribution in [3.8, 4) is 0 Å². The van der Waals surface area contributed by atoms with Gasteiger partial charge in [0, 0.05) is 49.8 Å². The van der Waals surface area contributed by atoms with E-state index < -0.39 is 10.0 Å². The molecule has 0 bridgehead atoms. The van der Waals surface area contributed by atoms with Gasteiger partial charge < -0.3 is 4.90 Å². The molecule has 2 fully saturated rings. The molecule has 0 aromatic carbocycles. The van der Waals surface area contributed by atoms with Crippen molar-refractivity contribution in [2.45, 2.75) is 45.2 Å². The van der Waals surface area contributed by atoms with Gasteiger partial charge in [0.25, 0.3) is 0 Å². The van der Waals surface area contributed by atoms with Crippen LogP contribution in [0.2, 0.25) is 0 Å². The van der Waals surface area contributed by atoms with Crippen molar-refractivity contribution < 1.29 is 8.42 Å². The highest BCUT2D eigenvalue weighted by Gasteiger charge is 2.34. The molecule has 0 spiro atoms. The summed E-state index contributed by atoms with van der Waals surface area (Å²) in [5.74, 6) is 0.399. The SMILES string of the molecule is CCC[C@H]1CN(Cc2cnc(N3CCCC3)s2)C[C@@H]1NS(C)(=O)=O. The Morgan fingerprint density at radius 3 is 2.75 bits per heavy atom. The van der Waals surface area contributed by atoms with Gasteiger partial charge in [-0.3, -0.25) is 4.90 Å². The van der Waals surface area contributed by atoms with Crippen LogP contribution in [0.1, 0.15) is 37.5 Å². The molecule has 2 aliphatic rings. The zero-order valence-electron chi connectivity index (χ0n) is 14.6. The van der Waals surface area contributed by atoms with E-state index in [1.807, 2.05) is 6.20 Å². The number of nitrogens with one attached hydrogen (secondary N) is 1. The Kier molecular flexibility index (Phi) is 5.79. The summed E-state index contributed by atoms with van der Waals surface area (Å²) in [6, 6.07) is 0.0333. The first-order chi connectivity index (χ1) is 11.4. The maximum Gasteiger partial charge on any atom is 0.209 e. The second-order valence-corrected chi connectivity index (χ2v) is 9.92. The van der Waals surface area contributed by atoms with E-state index >= 15 is 0 Å². The molecule has 24 heavy (non-hydrogen) atoms. The highest BCUT2D eigenvalue weighted by atomic mass is 32.2. The summed E-state index contributed by atoms with van der Waals surface area (Å²) >= 11 is 1.78. The van der Waals surface area contributed by atoms with Crippen LogP contribution in [-0.4, -0.2) is 56.8 Å². The normalized spacial score (nSPS) is 25.7. The summed E-state index contributed by atoms with van der Waals surface area (Å²) in [4.78, 5) is 10.6. The number of hydrogen-bond acceptors (Lipinski definition) is 6. The highest BCUT2D eigenvalue weighted by Crippen LogP contribution is 2.29. The summed E-state index contributed by atoms with van der Waals surface area (Å²) in [7, 11) is -3.16. The van der Waals surface area contributed by atoms with Gasteiger partial charge >= 0.3 is 0 Å². The smallest absolute Gasteiger partial charge is 0.209 e. The fraction of sp³-hybridized carbons (Fsp3) is 0.812. The first-order valence-corrected chi connectivity index (χ1v) is 11.5. The molecule has 0 amide bonds. The lowest BCUT2D eigenvalue weighted by Gasteiger charge is -2.17. The topological polar surface area (TPSA) is 65.5 Å². The lowest BCUT2D eigenvalue weighted by Crippen LogP contribution is -2.39. The third-order valence-electron chi connectivity index (χ3n) is 4.84. The quantitative estimate of drug-likeness (QED) is 0.792. The van der Waals surface area contributed by atoms with Crippen LogP contribution >= 0.6 is 11.3 Å². The van der Waals surface area contributed by atoms with Crippen LogP contribution in [-0.2, 0) is 16.6 Å². The third-order valence-corrected chi connectivity index (χ3v) is 6.61. The van der Waals surface area contributed by atoms with Crippen molar-refractivity contribution in [1.82, 2.24) is 14.6 Å². The zero-order valence-corrected chi connectivity index (χ0v) is 16.2. The molecule has 1 N–H and O–H groups in total. The summed E-state index contributed by atoms with van der Waals surface area (Å²) in [6.45, 7) is 7.01. The number of nitrogens with zero attached hydrogens (tertiary/aromatic N) is 3. The van der Waals surface area contributed by atoms with Crippen LogP contribution in [0.4, 0.5) is 5.13 Å². The summed E-state index contributed by atoms with van der Waals surface area (Å²) in [6.07, 6.45) is 7.91. The minimum atomic E-state index is -3.16. The predicted molar refractivity (Wildman–Crippen MR) is 99.0 cm³/mol. The minimum Gasteiger partial charge on any atom is -0.348 e. The molecule has 3 rings (SSSR count). The van der Waals surface area contributed by atoms with Crippen LogP contribution in [0.3, 0.4) is 0 Å². The van der Waals surface area contributed by atoms with E-state index in [1.165, 1.54) is 24.0 Å². The first kappa shape index (κ1) is 18.1. The van der Waals surface area contributed by atoms with Gasteiger partial charge in [-0.15, -0.1) is 11.3 Å². The standard InChI is InChI=1S/C16H28N4O2S2/c1-3-6-13-10-19(12-15(13)18-24(2,21)22)11-14-9-17-16(23-14)20-7-4-5-8-20/h9,13,15,18H,3-8,10-12H2,1-2H3/t13-,15-/m0/s1. The van der Waals surface area contributed by atoms with Crippen LogP contribution < -0.4 is 9.62 Å². The van der Waals surface area contributed by atoms with E-state index in [4.69, 9.17) is 0 Å². The number of aromatic nitrogens is 1. The molecule has 2 aliphatic heterocycles. The Hall–Kier alpha value is -0.700. The van der Waals surface area contributed by atoms with Crippen LogP contribution in [0.5, 0.6) is 0 Å². The number of hydrogen-bond donors (Lipinski definition) is 1. The van der Waals surface area contributed by atoms with Gasteiger partial charge in [0.1, 0.15) is 0 Å². The van der Waals surface area contributed by atoms with Crippen molar-refractivity contribution in [2.75, 3.05) is 37.3 Å². The van der Waals surface area contributed by atoms with E-state index in [9.17, 15) is 8.42 Å². The van der Waals surface area contributed by atoms with E-state index in [0.717, 1.165) is 50.7 Å². The number of sulfonamides is 1. The average Bonchev–Trinajstić information content (AvgIpc) is 3.20. The lowest BCUT2D eigenvalue weighted by molar-refractivity contribution is 0.315. The van der Waals surface area contributed by atoms with E-state index in [0.29, 0.717) is 5.92 Å². The van der Waals surface area contributed by atoms with Crippen LogP contribution in [0.25, 0.3) is 0 Å².